The van der Waals surface area contributed by atoms with Gasteiger partial charge in [0, 0.05) is 9.26 Å². The second kappa shape index (κ2) is 7.69. The molecule has 0 bridgehead atoms. The van der Waals surface area contributed by atoms with Crippen molar-refractivity contribution in [2.45, 2.75) is 6.92 Å². The molecule has 1 fully saturated rings. The number of nitrogens with one attached hydrogen (secondary N) is 2. The molecule has 0 aromatic heterocycles. The number of halogens is 1. The van der Waals surface area contributed by atoms with Crippen LogP contribution in [-0.2, 0) is 9.59 Å². The fourth-order valence-corrected chi connectivity index (χ4v) is 2.78. The number of benzene rings is 2. The average Bonchev–Trinajstić information content (AvgIpc) is 2.86. The van der Waals surface area contributed by atoms with Gasteiger partial charge in [0.2, 0.25) is 5.91 Å². The second-order valence-corrected chi connectivity index (χ2v) is 7.09. The lowest BCUT2D eigenvalue weighted by Gasteiger charge is -2.12. The predicted octanol–water partition coefficient (Wildman–Crippen LogP) is 3.13. The van der Waals surface area contributed by atoms with E-state index in [9.17, 15) is 14.4 Å². The summed E-state index contributed by atoms with van der Waals surface area (Å²) in [5.74, 6) is -0.958. The van der Waals surface area contributed by atoms with Crippen LogP contribution >= 0.6 is 22.6 Å². The molecule has 1 aliphatic heterocycles. The Balaban J connectivity index is 1.67. The molecule has 2 N–H and O–H groups in total. The molecule has 1 saturated heterocycles. The Hall–Kier alpha value is -2.68. The maximum Gasteiger partial charge on any atom is 0.329 e. The molecule has 4 amide bonds. The first kappa shape index (κ1) is 18.1. The third-order valence-electron chi connectivity index (χ3n) is 3.78. The lowest BCUT2D eigenvalue weighted by molar-refractivity contribution is -0.127. The molecule has 1 aliphatic rings. The van der Waals surface area contributed by atoms with E-state index in [0.29, 0.717) is 5.69 Å². The minimum atomic E-state index is -0.606. The first-order valence-corrected chi connectivity index (χ1v) is 8.97. The number of imide groups is 1. The normalized spacial score (nSPS) is 15.3. The Labute approximate surface area is 164 Å². The van der Waals surface area contributed by atoms with E-state index >= 15 is 0 Å². The van der Waals surface area contributed by atoms with Crippen molar-refractivity contribution in [2.75, 3.05) is 11.9 Å². The minimum Gasteiger partial charge on any atom is -0.325 e. The first-order chi connectivity index (χ1) is 12.4. The van der Waals surface area contributed by atoms with Crippen molar-refractivity contribution < 1.29 is 14.4 Å². The van der Waals surface area contributed by atoms with E-state index in [-0.39, 0.29) is 12.2 Å². The van der Waals surface area contributed by atoms with Crippen molar-refractivity contribution in [3.8, 4) is 0 Å². The van der Waals surface area contributed by atoms with Gasteiger partial charge < -0.3 is 10.6 Å². The van der Waals surface area contributed by atoms with E-state index in [4.69, 9.17) is 0 Å². The lowest BCUT2D eigenvalue weighted by atomic mass is 10.2. The van der Waals surface area contributed by atoms with Gasteiger partial charge in [0.05, 0.1) is 0 Å². The summed E-state index contributed by atoms with van der Waals surface area (Å²) in [7, 11) is 0. The van der Waals surface area contributed by atoms with Gasteiger partial charge in [-0.05, 0) is 65.4 Å². The Morgan fingerprint density at radius 3 is 2.42 bits per heavy atom. The quantitative estimate of drug-likeness (QED) is 0.418. The Bertz CT molecular complexity index is 889. The van der Waals surface area contributed by atoms with E-state index < -0.39 is 17.8 Å². The Kier molecular flexibility index (Phi) is 5.36. The minimum absolute atomic E-state index is 0.152. The molecule has 1 heterocycles. The molecule has 0 atom stereocenters. The summed E-state index contributed by atoms with van der Waals surface area (Å²) in [6, 6.07) is 14.2. The number of rotatable bonds is 4. The monoisotopic (exact) mass is 461 g/mol. The number of urea groups is 1. The molecular formula is C19H16IN3O3. The van der Waals surface area contributed by atoms with Crippen molar-refractivity contribution >= 4 is 52.2 Å². The Morgan fingerprint density at radius 2 is 1.77 bits per heavy atom. The third-order valence-corrected chi connectivity index (χ3v) is 4.50. The summed E-state index contributed by atoms with van der Waals surface area (Å²) in [5.41, 5.74) is 2.63. The van der Waals surface area contributed by atoms with Crippen molar-refractivity contribution in [1.82, 2.24) is 10.2 Å². The Morgan fingerprint density at radius 1 is 1.12 bits per heavy atom. The van der Waals surface area contributed by atoms with Gasteiger partial charge in [-0.3, -0.25) is 9.59 Å². The van der Waals surface area contributed by atoms with Crippen LogP contribution in [0, 0.1) is 10.5 Å². The van der Waals surface area contributed by atoms with Gasteiger partial charge in [0.15, 0.2) is 0 Å². The predicted molar refractivity (Wildman–Crippen MR) is 107 cm³/mol. The van der Waals surface area contributed by atoms with Crippen LogP contribution in [0.3, 0.4) is 0 Å². The van der Waals surface area contributed by atoms with E-state index in [2.05, 4.69) is 33.2 Å². The molecule has 2 aromatic rings. The van der Waals surface area contributed by atoms with Gasteiger partial charge in [-0.2, -0.15) is 0 Å². The molecule has 7 heteroatoms. The molecule has 0 radical (unpaired) electrons. The maximum absolute atomic E-state index is 12.4. The molecule has 2 aromatic carbocycles. The smallest absolute Gasteiger partial charge is 0.325 e. The van der Waals surface area contributed by atoms with Crippen LogP contribution in [0.25, 0.3) is 6.08 Å². The molecule has 132 valence electrons. The summed E-state index contributed by atoms with van der Waals surface area (Å²) in [4.78, 5) is 37.5. The molecule has 0 spiro atoms. The highest BCUT2D eigenvalue weighted by atomic mass is 127. The van der Waals surface area contributed by atoms with E-state index in [0.717, 1.165) is 19.6 Å². The SMILES string of the molecule is Cc1ccc(NC(=O)CN2C(=O)N/C(=C/c3ccc(I)cc3)C2=O)cc1. The largest absolute Gasteiger partial charge is 0.329 e. The fourth-order valence-electron chi connectivity index (χ4n) is 2.42. The summed E-state index contributed by atoms with van der Waals surface area (Å²) in [5, 5.41) is 5.18. The first-order valence-electron chi connectivity index (χ1n) is 7.89. The third kappa shape index (κ3) is 4.29. The van der Waals surface area contributed by atoms with Crippen molar-refractivity contribution in [2.24, 2.45) is 0 Å². The zero-order chi connectivity index (χ0) is 18.7. The van der Waals surface area contributed by atoms with E-state index in [1.807, 2.05) is 43.3 Å². The van der Waals surface area contributed by atoms with Gasteiger partial charge in [-0.1, -0.05) is 29.8 Å². The molecule has 0 saturated carbocycles. The van der Waals surface area contributed by atoms with Crippen LogP contribution in [0.1, 0.15) is 11.1 Å². The van der Waals surface area contributed by atoms with Crippen molar-refractivity contribution in [1.29, 1.82) is 0 Å². The zero-order valence-electron chi connectivity index (χ0n) is 14.0. The summed E-state index contributed by atoms with van der Waals surface area (Å²) in [6.45, 7) is 1.60. The van der Waals surface area contributed by atoms with Gasteiger partial charge in [-0.25, -0.2) is 9.69 Å². The van der Waals surface area contributed by atoms with Crippen LogP contribution in [0.15, 0.2) is 54.2 Å². The van der Waals surface area contributed by atoms with E-state index in [1.165, 1.54) is 0 Å². The summed E-state index contributed by atoms with van der Waals surface area (Å²) < 4.78 is 1.07. The summed E-state index contributed by atoms with van der Waals surface area (Å²) in [6.07, 6.45) is 1.59. The molecule has 0 aliphatic carbocycles. The van der Waals surface area contributed by atoms with Gasteiger partial charge in [0.25, 0.3) is 5.91 Å². The number of nitrogens with zero attached hydrogens (tertiary/aromatic N) is 1. The van der Waals surface area contributed by atoms with Crippen LogP contribution < -0.4 is 10.6 Å². The van der Waals surface area contributed by atoms with Gasteiger partial charge in [-0.15, -0.1) is 0 Å². The number of hydrogen-bond acceptors (Lipinski definition) is 3. The second-order valence-electron chi connectivity index (χ2n) is 5.85. The van der Waals surface area contributed by atoms with Crippen LogP contribution in [0.5, 0.6) is 0 Å². The standard InChI is InChI=1S/C19H16IN3O3/c1-12-2-8-15(9-3-12)21-17(24)11-23-18(25)16(22-19(23)26)10-13-4-6-14(20)7-5-13/h2-10H,11H2,1H3,(H,21,24)(H,22,26)/b16-10+. The van der Waals surface area contributed by atoms with E-state index in [1.54, 1.807) is 18.2 Å². The van der Waals surface area contributed by atoms with Crippen LogP contribution in [0.4, 0.5) is 10.5 Å². The fraction of sp³-hybridized carbons (Fsp3) is 0.105. The van der Waals surface area contributed by atoms with Gasteiger partial charge in [0.1, 0.15) is 12.2 Å². The van der Waals surface area contributed by atoms with Gasteiger partial charge >= 0.3 is 6.03 Å². The summed E-state index contributed by atoms with van der Waals surface area (Å²) >= 11 is 2.19. The lowest BCUT2D eigenvalue weighted by Crippen LogP contribution is -2.38. The number of aryl methyl sites for hydroxylation is 1. The number of anilines is 1. The topological polar surface area (TPSA) is 78.5 Å². The molecular weight excluding hydrogens is 445 g/mol. The molecule has 26 heavy (non-hydrogen) atoms. The highest BCUT2D eigenvalue weighted by Crippen LogP contribution is 2.16. The van der Waals surface area contributed by atoms with Crippen molar-refractivity contribution in [3.05, 3.63) is 68.9 Å². The highest BCUT2D eigenvalue weighted by Gasteiger charge is 2.34. The number of carbonyl (C=O) groups is 3. The number of amides is 4. The zero-order valence-corrected chi connectivity index (χ0v) is 16.1. The van der Waals surface area contributed by atoms with Crippen LogP contribution in [0.2, 0.25) is 0 Å². The molecule has 6 nitrogen and oxygen atoms in total. The van der Waals surface area contributed by atoms with Crippen molar-refractivity contribution in [3.63, 3.8) is 0 Å². The molecule has 3 rings (SSSR count). The van der Waals surface area contributed by atoms with Crippen LogP contribution in [-0.4, -0.2) is 29.3 Å². The highest BCUT2D eigenvalue weighted by molar-refractivity contribution is 14.1. The average molecular weight is 461 g/mol. The number of carbonyl (C=O) groups excluding carboxylic acids is 3. The maximum atomic E-state index is 12.4. The molecule has 0 unspecified atom stereocenters. The number of hydrogen-bond donors (Lipinski definition) is 2.